The second kappa shape index (κ2) is 4.98. The van der Waals surface area contributed by atoms with Crippen LogP contribution in [0.5, 0.6) is 0 Å². The van der Waals surface area contributed by atoms with E-state index in [1.807, 2.05) is 0 Å². The maximum atomic E-state index is 11.9. The molecule has 0 spiro atoms. The minimum Gasteiger partial charge on any atom is -0.325 e. The number of alkyl halides is 2. The predicted molar refractivity (Wildman–Crippen MR) is 46.5 cm³/mol. The Labute approximate surface area is 71.2 Å². The van der Waals surface area contributed by atoms with E-state index < -0.39 is 6.43 Å². The first-order valence-electron chi connectivity index (χ1n) is 3.71. The quantitative estimate of drug-likeness (QED) is 0.656. The molecular formula is C8H14F2N2. The number of rotatable bonds is 3. The van der Waals surface area contributed by atoms with E-state index in [-0.39, 0.29) is 11.8 Å². The highest BCUT2D eigenvalue weighted by Crippen LogP contribution is 2.02. The minimum absolute atomic E-state index is 0.153. The van der Waals surface area contributed by atoms with Gasteiger partial charge in [-0.05, 0) is 26.8 Å². The second-order valence-corrected chi connectivity index (χ2v) is 2.72. The van der Waals surface area contributed by atoms with Crippen molar-refractivity contribution in [2.24, 2.45) is 10.7 Å². The lowest BCUT2D eigenvalue weighted by molar-refractivity contribution is 0.225. The molecule has 0 radical (unpaired) electrons. The summed E-state index contributed by atoms with van der Waals surface area (Å²) in [7, 11) is 0. The molecule has 0 rings (SSSR count). The van der Waals surface area contributed by atoms with Crippen molar-refractivity contribution in [3.05, 3.63) is 11.8 Å². The summed E-state index contributed by atoms with van der Waals surface area (Å²) < 4.78 is 23.9. The molecule has 0 aliphatic heterocycles. The fraction of sp³-hybridized carbons (Fsp3) is 0.625. The van der Waals surface area contributed by atoms with Crippen LogP contribution in [-0.2, 0) is 0 Å². The Bertz CT molecular complexity index is 195. The molecule has 4 heteroatoms. The van der Waals surface area contributed by atoms with Gasteiger partial charge in [-0.1, -0.05) is 0 Å². The number of aliphatic imine (C=N–C) groups is 1. The highest BCUT2D eigenvalue weighted by atomic mass is 19.3. The van der Waals surface area contributed by atoms with Gasteiger partial charge in [-0.15, -0.1) is 0 Å². The van der Waals surface area contributed by atoms with Crippen molar-refractivity contribution in [1.29, 1.82) is 0 Å². The summed E-state index contributed by atoms with van der Waals surface area (Å²) in [5, 5.41) is 0. The lowest BCUT2D eigenvalue weighted by Gasteiger charge is -2.00. The molecule has 0 amide bonds. The van der Waals surface area contributed by atoms with Crippen LogP contribution in [0, 0.1) is 0 Å². The van der Waals surface area contributed by atoms with Crippen LogP contribution < -0.4 is 5.73 Å². The van der Waals surface area contributed by atoms with Crippen LogP contribution in [0.3, 0.4) is 0 Å². The minimum atomic E-state index is -2.48. The maximum Gasteiger partial charge on any atom is 0.276 e. The molecule has 0 heterocycles. The number of hydrogen-bond donors (Lipinski definition) is 1. The first kappa shape index (κ1) is 11.2. The van der Waals surface area contributed by atoms with Crippen LogP contribution in [0.2, 0.25) is 0 Å². The molecule has 0 saturated carbocycles. The van der Waals surface area contributed by atoms with Gasteiger partial charge >= 0.3 is 0 Å². The Morgan fingerprint density at radius 3 is 2.25 bits per heavy atom. The molecule has 0 aliphatic rings. The predicted octanol–water partition coefficient (Wildman–Crippen LogP) is 1.96. The molecule has 0 fully saturated rings. The molecule has 2 nitrogen and oxygen atoms in total. The molecule has 0 aromatic heterocycles. The average Bonchev–Trinajstić information content (AvgIpc) is 1.84. The molecule has 0 saturated heterocycles. The summed E-state index contributed by atoms with van der Waals surface area (Å²) in [6, 6.07) is -0.153. The summed E-state index contributed by atoms with van der Waals surface area (Å²) in [6.07, 6.45) is -0.854. The van der Waals surface area contributed by atoms with Gasteiger partial charge in [0, 0.05) is 11.7 Å². The van der Waals surface area contributed by atoms with E-state index in [4.69, 9.17) is 5.73 Å². The second-order valence-electron chi connectivity index (χ2n) is 2.72. The molecule has 12 heavy (non-hydrogen) atoms. The summed E-state index contributed by atoms with van der Waals surface area (Å²) in [6.45, 7) is 4.70. The molecule has 1 atom stereocenters. The van der Waals surface area contributed by atoms with E-state index in [1.54, 1.807) is 19.9 Å². The number of allylic oxidation sites excluding steroid dienone is 1. The first-order chi connectivity index (χ1) is 5.43. The van der Waals surface area contributed by atoms with Gasteiger partial charge in [0.2, 0.25) is 0 Å². The Hall–Kier alpha value is -0.770. The van der Waals surface area contributed by atoms with Crippen LogP contribution in [0.4, 0.5) is 8.78 Å². The standard InChI is InChI=1S/C8H14F2N2/c1-5(11)4-6(2)12-7(3)8(9)10/h4-5,8H,11H2,1-3H3/b6-4-,12-7?. The molecule has 2 N–H and O–H groups in total. The largest absolute Gasteiger partial charge is 0.325 e. The van der Waals surface area contributed by atoms with Crippen molar-refractivity contribution in [2.75, 3.05) is 0 Å². The summed E-state index contributed by atoms with van der Waals surface area (Å²) in [4.78, 5) is 3.66. The van der Waals surface area contributed by atoms with E-state index >= 15 is 0 Å². The van der Waals surface area contributed by atoms with Gasteiger partial charge in [-0.25, -0.2) is 8.78 Å². The summed E-state index contributed by atoms with van der Waals surface area (Å²) in [5.41, 5.74) is 5.77. The fourth-order valence-corrected chi connectivity index (χ4v) is 0.745. The lowest BCUT2D eigenvalue weighted by Crippen LogP contribution is -2.11. The Morgan fingerprint density at radius 1 is 1.42 bits per heavy atom. The average molecular weight is 176 g/mol. The van der Waals surface area contributed by atoms with Crippen molar-refractivity contribution < 1.29 is 8.78 Å². The maximum absolute atomic E-state index is 11.9. The molecule has 1 unspecified atom stereocenters. The van der Waals surface area contributed by atoms with E-state index in [9.17, 15) is 8.78 Å². The first-order valence-corrected chi connectivity index (χ1v) is 3.71. The lowest BCUT2D eigenvalue weighted by atomic mass is 10.3. The number of halogens is 2. The van der Waals surface area contributed by atoms with E-state index in [0.717, 1.165) is 0 Å². The van der Waals surface area contributed by atoms with E-state index in [1.165, 1.54) is 6.92 Å². The van der Waals surface area contributed by atoms with Gasteiger partial charge in [-0.3, -0.25) is 4.99 Å². The Kier molecular flexibility index (Phi) is 4.66. The normalized spacial score (nSPS) is 16.9. The number of hydrogen-bond acceptors (Lipinski definition) is 2. The summed E-state index contributed by atoms with van der Waals surface area (Å²) in [5.74, 6) is 0. The third kappa shape index (κ3) is 4.96. The van der Waals surface area contributed by atoms with E-state index in [2.05, 4.69) is 4.99 Å². The highest BCUT2D eigenvalue weighted by molar-refractivity contribution is 5.85. The van der Waals surface area contributed by atoms with Crippen molar-refractivity contribution in [1.82, 2.24) is 0 Å². The van der Waals surface area contributed by atoms with Crippen molar-refractivity contribution in [2.45, 2.75) is 33.2 Å². The van der Waals surface area contributed by atoms with Crippen LogP contribution >= 0.6 is 0 Å². The van der Waals surface area contributed by atoms with Crippen LogP contribution in [-0.4, -0.2) is 18.2 Å². The Balaban J connectivity index is 4.33. The van der Waals surface area contributed by atoms with E-state index in [0.29, 0.717) is 5.70 Å². The summed E-state index contributed by atoms with van der Waals surface area (Å²) >= 11 is 0. The van der Waals surface area contributed by atoms with Crippen molar-refractivity contribution in [3.8, 4) is 0 Å². The smallest absolute Gasteiger partial charge is 0.276 e. The van der Waals surface area contributed by atoms with Crippen molar-refractivity contribution in [3.63, 3.8) is 0 Å². The molecule has 70 valence electrons. The van der Waals surface area contributed by atoms with Crippen LogP contribution in [0.25, 0.3) is 0 Å². The zero-order valence-corrected chi connectivity index (χ0v) is 7.51. The zero-order valence-electron chi connectivity index (χ0n) is 7.51. The molecule has 0 aromatic carbocycles. The van der Waals surface area contributed by atoms with Gasteiger partial charge in [0.15, 0.2) is 0 Å². The van der Waals surface area contributed by atoms with Crippen molar-refractivity contribution >= 4 is 5.71 Å². The SMILES string of the molecule is CC(=N/C(C)=C\C(C)N)C(F)F. The van der Waals surface area contributed by atoms with Gasteiger partial charge in [0.25, 0.3) is 6.43 Å². The van der Waals surface area contributed by atoms with Gasteiger partial charge < -0.3 is 5.73 Å². The fourth-order valence-electron chi connectivity index (χ4n) is 0.745. The zero-order chi connectivity index (χ0) is 9.72. The van der Waals surface area contributed by atoms with Crippen LogP contribution in [0.15, 0.2) is 16.8 Å². The highest BCUT2D eigenvalue weighted by Gasteiger charge is 2.05. The number of nitrogens with zero attached hydrogens (tertiary/aromatic N) is 1. The van der Waals surface area contributed by atoms with Gasteiger partial charge in [0.1, 0.15) is 0 Å². The molecule has 0 aromatic rings. The topological polar surface area (TPSA) is 38.4 Å². The van der Waals surface area contributed by atoms with Gasteiger partial charge in [-0.2, -0.15) is 0 Å². The Morgan fingerprint density at radius 2 is 1.92 bits per heavy atom. The van der Waals surface area contributed by atoms with Crippen LogP contribution in [0.1, 0.15) is 20.8 Å². The monoisotopic (exact) mass is 176 g/mol. The molecule has 0 aliphatic carbocycles. The number of nitrogens with two attached hydrogens (primary N) is 1. The third-order valence-electron chi connectivity index (χ3n) is 1.17. The van der Waals surface area contributed by atoms with Gasteiger partial charge in [0.05, 0.1) is 5.71 Å². The molecular weight excluding hydrogens is 162 g/mol. The molecule has 0 bridgehead atoms. The third-order valence-corrected chi connectivity index (χ3v) is 1.17.